The summed E-state index contributed by atoms with van der Waals surface area (Å²) in [6.07, 6.45) is 0. The first kappa shape index (κ1) is 15.4. The number of hydrogen-bond acceptors (Lipinski definition) is 2. The number of benzene rings is 2. The number of nitrogens with one attached hydrogen (secondary N) is 1. The Balaban J connectivity index is 2.55. The van der Waals surface area contributed by atoms with Crippen molar-refractivity contribution < 1.29 is 17.9 Å². The molecule has 2 aromatic carbocycles. The average molecular weight is 295 g/mol. The molecular weight excluding hydrogens is 279 g/mol. The number of hydrogen-bond donors (Lipinski definition) is 1. The Morgan fingerprint density at radius 3 is 2.14 bits per heavy atom. The molecule has 2 nitrogen and oxygen atoms in total. The summed E-state index contributed by atoms with van der Waals surface area (Å²) in [5.74, 6) is -2.11. The van der Waals surface area contributed by atoms with Gasteiger partial charge < -0.3 is 10.1 Å². The highest BCUT2D eigenvalue weighted by Crippen LogP contribution is 2.31. The zero-order chi connectivity index (χ0) is 15.6. The van der Waals surface area contributed by atoms with Gasteiger partial charge in [-0.3, -0.25) is 0 Å². The molecule has 0 saturated heterocycles. The van der Waals surface area contributed by atoms with Gasteiger partial charge in [0.25, 0.3) is 0 Å². The predicted octanol–water partition coefficient (Wildman–Crippen LogP) is 3.73. The van der Waals surface area contributed by atoms with E-state index in [0.717, 1.165) is 5.56 Å². The summed E-state index contributed by atoms with van der Waals surface area (Å²) in [4.78, 5) is 0. The average Bonchev–Trinajstić information content (AvgIpc) is 2.43. The van der Waals surface area contributed by atoms with Crippen LogP contribution in [0.2, 0.25) is 0 Å². The maximum atomic E-state index is 14.0. The SMILES string of the molecule is CNC(c1ccc(OC)cc1C)c1c(F)cc(F)cc1F. The molecular formula is C16H16F3NO. The quantitative estimate of drug-likeness (QED) is 0.928. The summed E-state index contributed by atoms with van der Waals surface area (Å²) in [6.45, 7) is 1.82. The minimum Gasteiger partial charge on any atom is -0.497 e. The molecule has 2 rings (SSSR count). The highest BCUT2D eigenvalue weighted by Gasteiger charge is 2.23. The fraction of sp³-hybridized carbons (Fsp3) is 0.250. The van der Waals surface area contributed by atoms with Crippen molar-refractivity contribution in [3.63, 3.8) is 0 Å². The second-order valence-corrected chi connectivity index (χ2v) is 4.73. The molecule has 5 heteroatoms. The molecule has 0 aromatic heterocycles. The van der Waals surface area contributed by atoms with E-state index in [1.807, 2.05) is 6.92 Å². The van der Waals surface area contributed by atoms with Crippen molar-refractivity contribution in [2.45, 2.75) is 13.0 Å². The van der Waals surface area contributed by atoms with Crippen LogP contribution in [0.4, 0.5) is 13.2 Å². The van der Waals surface area contributed by atoms with Crippen LogP contribution in [0.15, 0.2) is 30.3 Å². The highest BCUT2D eigenvalue weighted by molar-refractivity contribution is 5.42. The minimum absolute atomic E-state index is 0.202. The van der Waals surface area contributed by atoms with Gasteiger partial charge in [-0.05, 0) is 37.2 Å². The molecule has 1 unspecified atom stereocenters. The van der Waals surface area contributed by atoms with E-state index in [4.69, 9.17) is 4.74 Å². The van der Waals surface area contributed by atoms with Crippen LogP contribution in [-0.4, -0.2) is 14.2 Å². The number of methoxy groups -OCH3 is 1. The van der Waals surface area contributed by atoms with Crippen molar-refractivity contribution in [1.82, 2.24) is 5.32 Å². The second kappa shape index (κ2) is 6.18. The smallest absolute Gasteiger partial charge is 0.134 e. The van der Waals surface area contributed by atoms with E-state index in [9.17, 15) is 13.2 Å². The summed E-state index contributed by atoms with van der Waals surface area (Å²) in [5.41, 5.74) is 1.31. The van der Waals surface area contributed by atoms with Crippen LogP contribution in [0.1, 0.15) is 22.7 Å². The standard InChI is InChI=1S/C16H16F3NO/c1-9-6-11(21-3)4-5-12(9)16(20-2)15-13(18)7-10(17)8-14(15)19/h4-8,16,20H,1-3H3. The third-order valence-corrected chi connectivity index (χ3v) is 3.41. The van der Waals surface area contributed by atoms with Gasteiger partial charge in [-0.25, -0.2) is 13.2 Å². The van der Waals surface area contributed by atoms with E-state index in [0.29, 0.717) is 23.4 Å². The summed E-state index contributed by atoms with van der Waals surface area (Å²) in [7, 11) is 3.14. The Labute approximate surface area is 121 Å². The Morgan fingerprint density at radius 1 is 1.05 bits per heavy atom. The lowest BCUT2D eigenvalue weighted by Gasteiger charge is -2.21. The van der Waals surface area contributed by atoms with Crippen LogP contribution in [0.3, 0.4) is 0 Å². The molecule has 0 heterocycles. The molecule has 112 valence electrons. The van der Waals surface area contributed by atoms with E-state index in [-0.39, 0.29) is 5.56 Å². The molecule has 1 N–H and O–H groups in total. The van der Waals surface area contributed by atoms with Crippen LogP contribution >= 0.6 is 0 Å². The summed E-state index contributed by atoms with van der Waals surface area (Å²) >= 11 is 0. The zero-order valence-electron chi connectivity index (χ0n) is 12.0. The lowest BCUT2D eigenvalue weighted by atomic mass is 9.94. The first-order valence-electron chi connectivity index (χ1n) is 6.44. The molecule has 0 amide bonds. The van der Waals surface area contributed by atoms with Gasteiger partial charge >= 0.3 is 0 Å². The summed E-state index contributed by atoms with van der Waals surface area (Å²) in [6, 6.07) is 5.88. The van der Waals surface area contributed by atoms with Gasteiger partial charge in [0.05, 0.1) is 13.2 Å². The maximum absolute atomic E-state index is 14.0. The zero-order valence-corrected chi connectivity index (χ0v) is 12.0. The molecule has 0 bridgehead atoms. The Morgan fingerprint density at radius 2 is 1.67 bits per heavy atom. The summed E-state index contributed by atoms with van der Waals surface area (Å²) < 4.78 is 46.1. The van der Waals surface area contributed by atoms with Gasteiger partial charge in [-0.1, -0.05) is 6.07 Å². The molecule has 21 heavy (non-hydrogen) atoms. The Bertz CT molecular complexity index is 635. The molecule has 0 radical (unpaired) electrons. The maximum Gasteiger partial charge on any atom is 0.134 e. The van der Waals surface area contributed by atoms with E-state index < -0.39 is 23.5 Å². The van der Waals surface area contributed by atoms with Crippen molar-refractivity contribution in [2.24, 2.45) is 0 Å². The van der Waals surface area contributed by atoms with Crippen LogP contribution < -0.4 is 10.1 Å². The normalized spacial score (nSPS) is 12.3. The van der Waals surface area contributed by atoms with E-state index in [2.05, 4.69) is 5.32 Å². The van der Waals surface area contributed by atoms with Crippen LogP contribution in [-0.2, 0) is 0 Å². The van der Waals surface area contributed by atoms with Gasteiger partial charge in [-0.2, -0.15) is 0 Å². The predicted molar refractivity (Wildman–Crippen MR) is 74.9 cm³/mol. The van der Waals surface area contributed by atoms with Crippen molar-refractivity contribution >= 4 is 0 Å². The van der Waals surface area contributed by atoms with Crippen molar-refractivity contribution in [2.75, 3.05) is 14.2 Å². The van der Waals surface area contributed by atoms with Gasteiger partial charge in [0.15, 0.2) is 0 Å². The first-order chi connectivity index (χ1) is 9.97. The third-order valence-electron chi connectivity index (χ3n) is 3.41. The van der Waals surface area contributed by atoms with E-state index >= 15 is 0 Å². The topological polar surface area (TPSA) is 21.3 Å². The Kier molecular flexibility index (Phi) is 4.53. The monoisotopic (exact) mass is 295 g/mol. The van der Waals surface area contributed by atoms with E-state index in [1.165, 1.54) is 0 Å². The highest BCUT2D eigenvalue weighted by atomic mass is 19.1. The minimum atomic E-state index is -0.935. The van der Waals surface area contributed by atoms with Crippen LogP contribution in [0.25, 0.3) is 0 Å². The molecule has 2 aromatic rings. The lowest BCUT2D eigenvalue weighted by Crippen LogP contribution is -2.21. The van der Waals surface area contributed by atoms with Crippen LogP contribution in [0.5, 0.6) is 5.75 Å². The molecule has 0 saturated carbocycles. The van der Waals surface area contributed by atoms with Crippen molar-refractivity contribution in [3.8, 4) is 5.75 Å². The number of aryl methyl sites for hydroxylation is 1. The second-order valence-electron chi connectivity index (χ2n) is 4.73. The van der Waals surface area contributed by atoms with Crippen LogP contribution in [0, 0.1) is 24.4 Å². The van der Waals surface area contributed by atoms with Crippen molar-refractivity contribution in [1.29, 1.82) is 0 Å². The molecule has 0 fully saturated rings. The van der Waals surface area contributed by atoms with Gasteiger partial charge in [-0.15, -0.1) is 0 Å². The van der Waals surface area contributed by atoms with Gasteiger partial charge in [0.2, 0.25) is 0 Å². The largest absolute Gasteiger partial charge is 0.497 e. The first-order valence-corrected chi connectivity index (χ1v) is 6.44. The fourth-order valence-corrected chi connectivity index (χ4v) is 2.38. The van der Waals surface area contributed by atoms with Gasteiger partial charge in [0, 0.05) is 17.7 Å². The van der Waals surface area contributed by atoms with Crippen molar-refractivity contribution in [3.05, 3.63) is 64.5 Å². The van der Waals surface area contributed by atoms with Gasteiger partial charge in [0.1, 0.15) is 23.2 Å². The fourth-order valence-electron chi connectivity index (χ4n) is 2.38. The molecule has 0 spiro atoms. The summed E-state index contributed by atoms with van der Waals surface area (Å²) in [5, 5.41) is 2.87. The number of halogens is 3. The molecule has 0 aliphatic carbocycles. The molecule has 1 atom stereocenters. The lowest BCUT2D eigenvalue weighted by molar-refractivity contribution is 0.414. The Hall–Kier alpha value is -2.01. The number of rotatable bonds is 4. The molecule has 0 aliphatic rings. The van der Waals surface area contributed by atoms with E-state index in [1.54, 1.807) is 32.4 Å². The molecule has 0 aliphatic heterocycles. The third kappa shape index (κ3) is 3.03. The number of ether oxygens (including phenoxy) is 1.